The van der Waals surface area contributed by atoms with Gasteiger partial charge in [-0.1, -0.05) is 12.1 Å². The van der Waals surface area contributed by atoms with Crippen molar-refractivity contribution in [1.29, 1.82) is 0 Å². The van der Waals surface area contributed by atoms with Gasteiger partial charge in [-0.2, -0.15) is 0 Å². The molecule has 0 aromatic heterocycles. The monoisotopic (exact) mass is 306 g/mol. The molecule has 2 rings (SSSR count). The van der Waals surface area contributed by atoms with Crippen LogP contribution in [0, 0.1) is 0 Å². The lowest BCUT2D eigenvalue weighted by atomic mass is 10.2. The lowest BCUT2D eigenvalue weighted by Gasteiger charge is -2.15. The van der Waals surface area contributed by atoms with Crippen molar-refractivity contribution in [3.63, 3.8) is 0 Å². The zero-order valence-electron chi connectivity index (χ0n) is 11.4. The van der Waals surface area contributed by atoms with E-state index in [0.29, 0.717) is 16.2 Å². The summed E-state index contributed by atoms with van der Waals surface area (Å²) >= 11 is 0.877. The van der Waals surface area contributed by atoms with Crippen LogP contribution in [0.4, 0.5) is 4.79 Å². The lowest BCUT2D eigenvalue weighted by molar-refractivity contribution is -0.312. The van der Waals surface area contributed by atoms with Gasteiger partial charge < -0.3 is 14.6 Å². The lowest BCUT2D eigenvalue weighted by Crippen LogP contribution is -2.37. The summed E-state index contributed by atoms with van der Waals surface area (Å²) in [5.74, 6) is -1.25. The second kappa shape index (κ2) is 6.01. The number of nitrogens with zero attached hydrogens (tertiary/aromatic N) is 1. The van der Waals surface area contributed by atoms with E-state index in [1.54, 1.807) is 30.3 Å². The number of likely N-dealkylation sites (N-methyl/N-ethyl adjacent to an activating group) is 1. The summed E-state index contributed by atoms with van der Waals surface area (Å²) in [5.41, 5.74) is 0.711. The number of aliphatic carboxylic acids is 1. The van der Waals surface area contributed by atoms with Crippen molar-refractivity contribution < 1.29 is 24.2 Å². The van der Waals surface area contributed by atoms with Crippen LogP contribution in [0.1, 0.15) is 12.5 Å². The maximum atomic E-state index is 11.7. The summed E-state index contributed by atoms with van der Waals surface area (Å²) < 4.78 is 5.14. The standard InChI is InChI=1S/C14H13NO5S/c1-8(13(17)18)20-10-5-3-9(4-6-10)7-11-12(16)15(2)14(19)21-11/h3-8H,1-2H3,(H,17,18)/p-1/b11-7+/t8-/m0/s1. The number of hydrogen-bond donors (Lipinski definition) is 0. The number of carboxylic acid groups (broad SMARTS) is 1. The molecule has 0 saturated carbocycles. The summed E-state index contributed by atoms with van der Waals surface area (Å²) in [5, 5.41) is 10.3. The topological polar surface area (TPSA) is 86.7 Å². The minimum Gasteiger partial charge on any atom is -0.546 e. The highest BCUT2D eigenvalue weighted by Crippen LogP contribution is 2.31. The smallest absolute Gasteiger partial charge is 0.293 e. The fourth-order valence-corrected chi connectivity index (χ4v) is 2.42. The maximum absolute atomic E-state index is 11.7. The zero-order valence-corrected chi connectivity index (χ0v) is 12.2. The molecule has 1 aliphatic rings. The van der Waals surface area contributed by atoms with Crippen molar-refractivity contribution in [2.45, 2.75) is 13.0 Å². The molecular weight excluding hydrogens is 294 g/mol. The minimum absolute atomic E-state index is 0.311. The van der Waals surface area contributed by atoms with Crippen LogP contribution in [0.5, 0.6) is 5.75 Å². The maximum Gasteiger partial charge on any atom is 0.293 e. The number of carbonyl (C=O) groups excluding carboxylic acids is 3. The first-order valence-corrected chi connectivity index (χ1v) is 6.89. The van der Waals surface area contributed by atoms with E-state index in [2.05, 4.69) is 0 Å². The molecule has 0 aliphatic carbocycles. The van der Waals surface area contributed by atoms with E-state index in [1.165, 1.54) is 14.0 Å². The Labute approximate surface area is 125 Å². The molecule has 1 saturated heterocycles. The third-order valence-corrected chi connectivity index (χ3v) is 3.77. The molecule has 6 nitrogen and oxygen atoms in total. The third-order valence-electron chi connectivity index (χ3n) is 2.81. The molecule has 1 aromatic rings. The number of carboxylic acids is 1. The Bertz CT molecular complexity index is 623. The number of carbonyl (C=O) groups is 3. The van der Waals surface area contributed by atoms with Crippen molar-refractivity contribution in [1.82, 2.24) is 4.90 Å². The molecule has 21 heavy (non-hydrogen) atoms. The normalized spacial score (nSPS) is 18.2. The molecule has 0 unspecified atom stereocenters. The van der Waals surface area contributed by atoms with Gasteiger partial charge in [-0.25, -0.2) is 0 Å². The number of rotatable bonds is 4. The van der Waals surface area contributed by atoms with Crippen LogP contribution in [-0.2, 0) is 9.59 Å². The number of thioether (sulfide) groups is 1. The van der Waals surface area contributed by atoms with Crippen LogP contribution in [-0.4, -0.2) is 35.2 Å². The number of amides is 2. The highest BCUT2D eigenvalue weighted by Gasteiger charge is 2.31. The van der Waals surface area contributed by atoms with Gasteiger partial charge in [-0.05, 0) is 42.5 Å². The Morgan fingerprint density at radius 1 is 1.33 bits per heavy atom. The highest BCUT2D eigenvalue weighted by molar-refractivity contribution is 8.18. The van der Waals surface area contributed by atoms with Crippen LogP contribution < -0.4 is 9.84 Å². The Morgan fingerprint density at radius 2 is 1.95 bits per heavy atom. The van der Waals surface area contributed by atoms with Crippen LogP contribution in [0.3, 0.4) is 0 Å². The Morgan fingerprint density at radius 3 is 2.43 bits per heavy atom. The van der Waals surface area contributed by atoms with E-state index >= 15 is 0 Å². The van der Waals surface area contributed by atoms with Gasteiger partial charge in [0, 0.05) is 7.05 Å². The molecule has 1 heterocycles. The van der Waals surface area contributed by atoms with Crippen molar-refractivity contribution in [3.05, 3.63) is 34.7 Å². The second-order valence-electron chi connectivity index (χ2n) is 4.39. The summed E-state index contributed by atoms with van der Waals surface area (Å²) in [6.45, 7) is 1.38. The van der Waals surface area contributed by atoms with E-state index in [0.717, 1.165) is 16.7 Å². The molecule has 1 atom stereocenters. The van der Waals surface area contributed by atoms with Crippen LogP contribution in [0.25, 0.3) is 6.08 Å². The molecule has 0 N–H and O–H groups in total. The Kier molecular flexibility index (Phi) is 4.32. The van der Waals surface area contributed by atoms with Crippen LogP contribution in [0.2, 0.25) is 0 Å². The number of benzene rings is 1. The van der Waals surface area contributed by atoms with E-state index < -0.39 is 12.1 Å². The predicted octanol–water partition coefficient (Wildman–Crippen LogP) is 0.870. The van der Waals surface area contributed by atoms with Crippen molar-refractivity contribution in [2.75, 3.05) is 7.05 Å². The molecule has 0 radical (unpaired) electrons. The van der Waals surface area contributed by atoms with Crippen molar-refractivity contribution >= 4 is 35.0 Å². The summed E-state index contributed by atoms with van der Waals surface area (Å²) in [4.78, 5) is 35.1. The van der Waals surface area contributed by atoms with Gasteiger partial charge in [0.15, 0.2) is 0 Å². The van der Waals surface area contributed by atoms with Gasteiger partial charge in [-0.15, -0.1) is 0 Å². The van der Waals surface area contributed by atoms with Gasteiger partial charge in [-0.3, -0.25) is 14.5 Å². The fourth-order valence-electron chi connectivity index (χ4n) is 1.59. The summed E-state index contributed by atoms with van der Waals surface area (Å²) in [7, 11) is 1.43. The van der Waals surface area contributed by atoms with Gasteiger partial charge in [0.25, 0.3) is 11.1 Å². The molecule has 0 spiro atoms. The fraction of sp³-hybridized carbons (Fsp3) is 0.214. The Balaban J connectivity index is 2.11. The SMILES string of the molecule is C[C@H](Oc1ccc(/C=C2/SC(=O)N(C)C2=O)cc1)C(=O)[O-]. The van der Waals surface area contributed by atoms with Crippen molar-refractivity contribution in [3.8, 4) is 5.75 Å². The zero-order chi connectivity index (χ0) is 15.6. The highest BCUT2D eigenvalue weighted by atomic mass is 32.2. The molecule has 110 valence electrons. The summed E-state index contributed by atoms with van der Waals surface area (Å²) in [6, 6.07) is 6.50. The average molecular weight is 306 g/mol. The first-order valence-electron chi connectivity index (χ1n) is 6.07. The van der Waals surface area contributed by atoms with E-state index in [4.69, 9.17) is 4.74 Å². The first-order chi connectivity index (χ1) is 9.88. The van der Waals surface area contributed by atoms with Gasteiger partial charge in [0.2, 0.25) is 0 Å². The first kappa shape index (κ1) is 15.1. The Hall–Kier alpha value is -2.28. The quantitative estimate of drug-likeness (QED) is 0.767. The van der Waals surface area contributed by atoms with Gasteiger partial charge in [0.1, 0.15) is 11.9 Å². The molecule has 2 amide bonds. The molecule has 1 fully saturated rings. The van der Waals surface area contributed by atoms with E-state index in [-0.39, 0.29) is 11.1 Å². The molecular formula is C14H12NO5S-. The number of imide groups is 1. The van der Waals surface area contributed by atoms with Gasteiger partial charge in [0.05, 0.1) is 10.9 Å². The van der Waals surface area contributed by atoms with E-state index in [1.807, 2.05) is 0 Å². The molecule has 1 aromatic carbocycles. The van der Waals surface area contributed by atoms with E-state index in [9.17, 15) is 19.5 Å². The summed E-state index contributed by atoms with van der Waals surface area (Å²) in [6.07, 6.45) is 0.549. The van der Waals surface area contributed by atoms with Crippen molar-refractivity contribution in [2.24, 2.45) is 0 Å². The molecule has 1 aliphatic heterocycles. The molecule has 7 heteroatoms. The third kappa shape index (κ3) is 3.43. The minimum atomic E-state index is -1.30. The van der Waals surface area contributed by atoms with Gasteiger partial charge >= 0.3 is 0 Å². The van der Waals surface area contributed by atoms with Crippen LogP contribution >= 0.6 is 11.8 Å². The second-order valence-corrected chi connectivity index (χ2v) is 5.38. The molecule has 0 bridgehead atoms. The largest absolute Gasteiger partial charge is 0.546 e. The average Bonchev–Trinajstić information content (AvgIpc) is 2.68. The predicted molar refractivity (Wildman–Crippen MR) is 75.3 cm³/mol. The number of ether oxygens (including phenoxy) is 1. The van der Waals surface area contributed by atoms with Crippen LogP contribution in [0.15, 0.2) is 29.2 Å². The number of hydrogen-bond acceptors (Lipinski definition) is 6.